The lowest BCUT2D eigenvalue weighted by molar-refractivity contribution is 0.670. The minimum atomic E-state index is 0.308. The Morgan fingerprint density at radius 3 is 2.10 bits per heavy atom. The summed E-state index contributed by atoms with van der Waals surface area (Å²) in [4.78, 5) is 15.6. The maximum atomic E-state index is 6.89. The van der Waals surface area contributed by atoms with E-state index in [9.17, 15) is 0 Å². The molecule has 0 amide bonds. The van der Waals surface area contributed by atoms with E-state index in [1.165, 1.54) is 41.9 Å². The molecule has 1 unspecified atom stereocenters. The second kappa shape index (κ2) is 13.2. The van der Waals surface area contributed by atoms with Crippen LogP contribution in [0.4, 0.5) is 0 Å². The topological polar surface area (TPSA) is 51.8 Å². The zero-order valence-electron chi connectivity index (χ0n) is 31.3. The third-order valence-electron chi connectivity index (χ3n) is 11.7. The van der Waals surface area contributed by atoms with Gasteiger partial charge in [0.05, 0.1) is 0 Å². The fourth-order valence-corrected chi connectivity index (χ4v) is 10.0. The number of hydrogen-bond acceptors (Lipinski definition) is 5. The molecule has 3 aromatic heterocycles. The lowest BCUT2D eigenvalue weighted by atomic mass is 9.90. The standard InChI is InChI=1S/C53H33N3OS/c1-2-12-32(13-3-1)34-24-27-35(28-25-34)51-54-52(37-29-26-33-14-4-5-15-36(33)30-37)56-53(55-51)43-21-11-22-45-48(43)42-20-10-19-40(50(42)57-45)44-31-47-49(39-17-7-6-16-38(39)44)41-18-8-9-23-46(41)58-47/h1-24,26-31,34H,25H2. The van der Waals surface area contributed by atoms with Crippen LogP contribution < -0.4 is 0 Å². The predicted octanol–water partition coefficient (Wildman–Crippen LogP) is 14.6. The summed E-state index contributed by atoms with van der Waals surface area (Å²) in [5.41, 5.74) is 8.02. The van der Waals surface area contributed by atoms with Crippen molar-refractivity contribution in [2.75, 3.05) is 0 Å². The molecule has 11 aromatic rings. The first kappa shape index (κ1) is 33.0. The van der Waals surface area contributed by atoms with Gasteiger partial charge in [0.2, 0.25) is 0 Å². The van der Waals surface area contributed by atoms with Crippen molar-refractivity contribution in [2.45, 2.75) is 12.3 Å². The van der Waals surface area contributed by atoms with Gasteiger partial charge in [-0.25, -0.2) is 15.0 Å². The highest BCUT2D eigenvalue weighted by Gasteiger charge is 2.22. The van der Waals surface area contributed by atoms with Crippen LogP contribution in [0.25, 0.3) is 103 Å². The van der Waals surface area contributed by atoms with Gasteiger partial charge in [0.1, 0.15) is 11.2 Å². The molecule has 0 radical (unpaired) electrons. The predicted molar refractivity (Wildman–Crippen MR) is 242 cm³/mol. The molecule has 0 saturated carbocycles. The molecule has 1 atom stereocenters. The van der Waals surface area contributed by atoms with E-state index in [1.54, 1.807) is 0 Å². The van der Waals surface area contributed by atoms with Gasteiger partial charge in [-0.2, -0.15) is 0 Å². The Balaban J connectivity index is 1.05. The number of aromatic nitrogens is 3. The molecule has 0 aliphatic heterocycles. The average Bonchev–Trinajstić information content (AvgIpc) is 3.88. The summed E-state index contributed by atoms with van der Waals surface area (Å²) in [5, 5.41) is 9.40. The molecule has 12 rings (SSSR count). The number of benzene rings is 8. The van der Waals surface area contributed by atoms with Crippen LogP contribution in [0.5, 0.6) is 0 Å². The van der Waals surface area contributed by atoms with Crippen LogP contribution in [0.3, 0.4) is 0 Å². The van der Waals surface area contributed by atoms with Gasteiger partial charge in [-0.1, -0.05) is 158 Å². The molecule has 8 aromatic carbocycles. The maximum Gasteiger partial charge on any atom is 0.164 e. The van der Waals surface area contributed by atoms with E-state index in [1.807, 2.05) is 17.4 Å². The van der Waals surface area contributed by atoms with Crippen molar-refractivity contribution in [3.63, 3.8) is 0 Å². The van der Waals surface area contributed by atoms with E-state index in [4.69, 9.17) is 19.4 Å². The summed E-state index contributed by atoms with van der Waals surface area (Å²) in [6, 6.07) is 58.0. The van der Waals surface area contributed by atoms with Crippen LogP contribution >= 0.6 is 11.3 Å². The van der Waals surface area contributed by atoms with E-state index in [0.717, 1.165) is 61.6 Å². The Hall–Kier alpha value is -7.21. The van der Waals surface area contributed by atoms with Gasteiger partial charge in [-0.15, -0.1) is 11.3 Å². The van der Waals surface area contributed by atoms with Crippen molar-refractivity contribution >= 4 is 80.6 Å². The zero-order chi connectivity index (χ0) is 38.2. The lowest BCUT2D eigenvalue weighted by Crippen LogP contribution is -2.05. The summed E-state index contributed by atoms with van der Waals surface area (Å²) in [5.74, 6) is 2.22. The second-order valence-electron chi connectivity index (χ2n) is 15.0. The molecule has 0 fully saturated rings. The Morgan fingerprint density at radius 1 is 0.500 bits per heavy atom. The Bertz CT molecular complexity index is 3500. The fraction of sp³-hybridized carbons (Fsp3) is 0.0377. The first-order chi connectivity index (χ1) is 28.7. The van der Waals surface area contributed by atoms with Gasteiger partial charge in [0.25, 0.3) is 0 Å². The molecular formula is C53H33N3OS. The zero-order valence-corrected chi connectivity index (χ0v) is 32.1. The SMILES string of the molecule is C1=CC(c2ccccc2)CC=C1c1nc(-c2ccc3ccccc3c2)nc(-c2cccc3oc4c(-c5cc6sc7ccccc7c6c6ccccc56)cccc4c23)n1. The summed E-state index contributed by atoms with van der Waals surface area (Å²) in [6.45, 7) is 0. The highest BCUT2D eigenvalue weighted by Crippen LogP contribution is 2.46. The van der Waals surface area contributed by atoms with Crippen LogP contribution in [-0.4, -0.2) is 15.0 Å². The summed E-state index contributed by atoms with van der Waals surface area (Å²) < 4.78 is 9.45. The Morgan fingerprint density at radius 2 is 1.22 bits per heavy atom. The van der Waals surface area contributed by atoms with Gasteiger partial charge in [-0.3, -0.25) is 0 Å². The highest BCUT2D eigenvalue weighted by atomic mass is 32.1. The minimum absolute atomic E-state index is 0.308. The maximum absolute atomic E-state index is 6.89. The van der Waals surface area contributed by atoms with Gasteiger partial charge in [0, 0.05) is 59.1 Å². The third-order valence-corrected chi connectivity index (χ3v) is 12.8. The van der Waals surface area contributed by atoms with Crippen molar-refractivity contribution in [2.24, 2.45) is 0 Å². The molecule has 4 nitrogen and oxygen atoms in total. The van der Waals surface area contributed by atoms with E-state index >= 15 is 0 Å². The van der Waals surface area contributed by atoms with Crippen molar-refractivity contribution in [3.8, 4) is 33.9 Å². The number of para-hydroxylation sites is 1. The van der Waals surface area contributed by atoms with Crippen LogP contribution in [-0.2, 0) is 0 Å². The van der Waals surface area contributed by atoms with E-state index in [2.05, 4.69) is 176 Å². The number of allylic oxidation sites excluding steroid dienone is 4. The largest absolute Gasteiger partial charge is 0.455 e. The van der Waals surface area contributed by atoms with Crippen molar-refractivity contribution in [1.82, 2.24) is 15.0 Å². The van der Waals surface area contributed by atoms with E-state index < -0.39 is 0 Å². The molecule has 3 heterocycles. The molecule has 58 heavy (non-hydrogen) atoms. The quantitative estimate of drug-likeness (QED) is 0.175. The van der Waals surface area contributed by atoms with Gasteiger partial charge in [-0.05, 0) is 63.4 Å². The first-order valence-electron chi connectivity index (χ1n) is 19.7. The number of fused-ring (bicyclic) bond motifs is 9. The number of thiophene rings is 1. The molecule has 0 N–H and O–H groups in total. The van der Waals surface area contributed by atoms with Crippen LogP contribution in [0, 0.1) is 0 Å². The number of hydrogen-bond donors (Lipinski definition) is 0. The fourth-order valence-electron chi connectivity index (χ4n) is 8.87. The Kier molecular flexibility index (Phi) is 7.50. The van der Waals surface area contributed by atoms with E-state index in [-0.39, 0.29) is 0 Å². The second-order valence-corrected chi connectivity index (χ2v) is 16.1. The third kappa shape index (κ3) is 5.32. The summed E-state index contributed by atoms with van der Waals surface area (Å²) in [7, 11) is 0. The summed E-state index contributed by atoms with van der Waals surface area (Å²) in [6.07, 6.45) is 7.57. The van der Waals surface area contributed by atoms with Crippen LogP contribution in [0.2, 0.25) is 0 Å². The number of rotatable bonds is 5. The molecule has 1 aliphatic rings. The Labute approximate surface area is 338 Å². The van der Waals surface area contributed by atoms with Crippen molar-refractivity contribution in [3.05, 3.63) is 193 Å². The van der Waals surface area contributed by atoms with Gasteiger partial charge < -0.3 is 4.42 Å². The molecule has 1 aliphatic carbocycles. The smallest absolute Gasteiger partial charge is 0.164 e. The minimum Gasteiger partial charge on any atom is -0.455 e. The molecule has 0 bridgehead atoms. The summed E-state index contributed by atoms with van der Waals surface area (Å²) >= 11 is 1.84. The van der Waals surface area contributed by atoms with Gasteiger partial charge in [0.15, 0.2) is 17.5 Å². The highest BCUT2D eigenvalue weighted by molar-refractivity contribution is 7.26. The first-order valence-corrected chi connectivity index (χ1v) is 20.5. The van der Waals surface area contributed by atoms with Crippen LogP contribution in [0.1, 0.15) is 23.7 Å². The average molecular weight is 760 g/mol. The molecular weight excluding hydrogens is 727 g/mol. The number of nitrogens with zero attached hydrogens (tertiary/aromatic N) is 3. The van der Waals surface area contributed by atoms with Gasteiger partial charge >= 0.3 is 0 Å². The monoisotopic (exact) mass is 759 g/mol. The van der Waals surface area contributed by atoms with Crippen molar-refractivity contribution in [1.29, 1.82) is 0 Å². The normalized spacial score (nSPS) is 14.3. The van der Waals surface area contributed by atoms with Crippen molar-refractivity contribution < 1.29 is 4.42 Å². The molecule has 272 valence electrons. The molecule has 5 heteroatoms. The van der Waals surface area contributed by atoms with Crippen LogP contribution in [0.15, 0.2) is 186 Å². The molecule has 0 spiro atoms. The van der Waals surface area contributed by atoms with E-state index in [0.29, 0.717) is 23.4 Å². The molecule has 0 saturated heterocycles. The lowest BCUT2D eigenvalue weighted by Gasteiger charge is -2.17. The number of furan rings is 1.